The van der Waals surface area contributed by atoms with Crippen molar-refractivity contribution in [1.29, 1.82) is 5.41 Å². The molecule has 6 heteroatoms. The Morgan fingerprint density at radius 3 is 2.56 bits per heavy atom. The summed E-state index contributed by atoms with van der Waals surface area (Å²) in [5.74, 6) is -0.0872. The van der Waals surface area contributed by atoms with E-state index in [9.17, 15) is 5.21 Å². The fraction of sp³-hybridized carbons (Fsp3) is 0.100. The number of nitrogens with one attached hydrogen (secondary N) is 1. The summed E-state index contributed by atoms with van der Waals surface area (Å²) in [5, 5.41) is 18.2. The van der Waals surface area contributed by atoms with Gasteiger partial charge in [-0.15, -0.1) is 0 Å². The van der Waals surface area contributed by atoms with Gasteiger partial charge in [0, 0.05) is 5.56 Å². The van der Waals surface area contributed by atoms with Gasteiger partial charge in [-0.2, -0.15) is 0 Å². The number of hydrogen-bond acceptors (Lipinski definition) is 5. The maximum absolute atomic E-state index is 9.81. The molecule has 6 N–H and O–H groups in total. The molecule has 0 saturated carbocycles. The van der Waals surface area contributed by atoms with Crippen LogP contribution in [0.3, 0.4) is 0 Å². The largest absolute Gasteiger partial charge is 0.383 e. The maximum atomic E-state index is 9.81. The highest BCUT2D eigenvalue weighted by Gasteiger charge is 2.31. The molecule has 0 saturated heterocycles. The van der Waals surface area contributed by atoms with Crippen LogP contribution < -0.4 is 11.5 Å². The molecule has 2 rings (SSSR count). The van der Waals surface area contributed by atoms with Crippen molar-refractivity contribution in [3.05, 3.63) is 40.8 Å². The number of hydrogen-bond donors (Lipinski definition) is 4. The normalized spacial score (nSPS) is 20.4. The van der Waals surface area contributed by atoms with E-state index in [0.717, 1.165) is 10.6 Å². The molecule has 5 nitrogen and oxygen atoms in total. The molecule has 0 aliphatic carbocycles. The van der Waals surface area contributed by atoms with Crippen LogP contribution in [0.2, 0.25) is 0 Å². The SMILES string of the molecule is N=C(N)C1=C(c2ccccc2)N(O)C(N)S1. The van der Waals surface area contributed by atoms with Gasteiger partial charge in [0.1, 0.15) is 5.84 Å². The van der Waals surface area contributed by atoms with Crippen LogP contribution in [0.1, 0.15) is 5.56 Å². The van der Waals surface area contributed by atoms with Gasteiger partial charge < -0.3 is 11.5 Å². The first-order valence-electron chi connectivity index (χ1n) is 4.65. The molecule has 0 fully saturated rings. The zero-order chi connectivity index (χ0) is 11.7. The lowest BCUT2D eigenvalue weighted by atomic mass is 10.1. The van der Waals surface area contributed by atoms with Crippen LogP contribution in [-0.4, -0.2) is 21.6 Å². The Kier molecular flexibility index (Phi) is 2.86. The van der Waals surface area contributed by atoms with Gasteiger partial charge in [-0.1, -0.05) is 42.1 Å². The summed E-state index contributed by atoms with van der Waals surface area (Å²) < 4.78 is 0. The highest BCUT2D eigenvalue weighted by molar-refractivity contribution is 8.05. The predicted octanol–water partition coefficient (Wildman–Crippen LogP) is 0.971. The average Bonchev–Trinajstić information content (AvgIpc) is 2.57. The number of hydroxylamine groups is 2. The number of benzene rings is 1. The summed E-state index contributed by atoms with van der Waals surface area (Å²) in [6, 6.07) is 9.24. The van der Waals surface area contributed by atoms with Crippen molar-refractivity contribution in [3.63, 3.8) is 0 Å². The molecule has 0 bridgehead atoms. The lowest BCUT2D eigenvalue weighted by Crippen LogP contribution is -2.31. The topological polar surface area (TPSA) is 99.4 Å². The first kappa shape index (κ1) is 11.0. The van der Waals surface area contributed by atoms with E-state index in [4.69, 9.17) is 16.9 Å². The number of amidine groups is 1. The molecule has 1 heterocycles. The van der Waals surface area contributed by atoms with Crippen molar-refractivity contribution in [3.8, 4) is 0 Å². The standard InChI is InChI=1S/C10H12N4OS/c11-9(12)8-7(14(15)10(13)16-8)6-4-2-1-3-5-6/h1-5,10,15H,13H2,(H3,11,12). The Morgan fingerprint density at radius 2 is 2.00 bits per heavy atom. The van der Waals surface area contributed by atoms with Gasteiger partial charge in [0.15, 0.2) is 5.50 Å². The molecule has 1 aromatic carbocycles. The predicted molar refractivity (Wildman–Crippen MR) is 64.5 cm³/mol. The van der Waals surface area contributed by atoms with Crippen molar-refractivity contribution in [2.45, 2.75) is 5.50 Å². The quantitative estimate of drug-likeness (QED) is 0.453. The maximum Gasteiger partial charge on any atom is 0.155 e. The Bertz CT molecular complexity index is 445. The fourth-order valence-corrected chi connectivity index (χ4v) is 2.40. The van der Waals surface area contributed by atoms with E-state index in [1.807, 2.05) is 30.3 Å². The van der Waals surface area contributed by atoms with Gasteiger partial charge in [0.05, 0.1) is 10.6 Å². The lowest BCUT2D eigenvalue weighted by Gasteiger charge is -2.18. The van der Waals surface area contributed by atoms with E-state index >= 15 is 0 Å². The molecule has 1 unspecified atom stereocenters. The molecule has 1 atom stereocenters. The van der Waals surface area contributed by atoms with Gasteiger partial charge >= 0.3 is 0 Å². The summed E-state index contributed by atoms with van der Waals surface area (Å²) in [6.07, 6.45) is 0. The zero-order valence-corrected chi connectivity index (χ0v) is 9.24. The minimum Gasteiger partial charge on any atom is -0.383 e. The molecular weight excluding hydrogens is 224 g/mol. The highest BCUT2D eigenvalue weighted by atomic mass is 32.2. The molecule has 1 aliphatic heterocycles. The van der Waals surface area contributed by atoms with Crippen molar-refractivity contribution < 1.29 is 5.21 Å². The summed E-state index contributed by atoms with van der Waals surface area (Å²) in [6.45, 7) is 0. The van der Waals surface area contributed by atoms with Crippen LogP contribution >= 0.6 is 11.8 Å². The van der Waals surface area contributed by atoms with Gasteiger partial charge in [-0.05, 0) is 0 Å². The van der Waals surface area contributed by atoms with Crippen LogP contribution in [0.25, 0.3) is 5.70 Å². The summed E-state index contributed by atoms with van der Waals surface area (Å²) >= 11 is 1.17. The van der Waals surface area contributed by atoms with E-state index in [0.29, 0.717) is 10.6 Å². The van der Waals surface area contributed by atoms with Crippen molar-refractivity contribution in [2.24, 2.45) is 11.5 Å². The van der Waals surface area contributed by atoms with Crippen molar-refractivity contribution >= 4 is 23.3 Å². The minimum atomic E-state index is -0.617. The Balaban J connectivity index is 2.50. The van der Waals surface area contributed by atoms with E-state index < -0.39 is 5.50 Å². The van der Waals surface area contributed by atoms with Crippen LogP contribution in [0.15, 0.2) is 35.2 Å². The van der Waals surface area contributed by atoms with Gasteiger partial charge in [-0.3, -0.25) is 10.6 Å². The Morgan fingerprint density at radius 1 is 1.38 bits per heavy atom. The minimum absolute atomic E-state index is 0.0872. The second-order valence-electron chi connectivity index (χ2n) is 3.31. The average molecular weight is 236 g/mol. The number of nitrogens with zero attached hydrogens (tertiary/aromatic N) is 1. The van der Waals surface area contributed by atoms with E-state index in [1.54, 1.807) is 0 Å². The third kappa shape index (κ3) is 1.78. The molecule has 0 amide bonds. The number of thioether (sulfide) groups is 1. The Hall–Kier alpha value is -1.50. The van der Waals surface area contributed by atoms with Crippen LogP contribution in [0.5, 0.6) is 0 Å². The fourth-order valence-electron chi connectivity index (χ4n) is 1.51. The van der Waals surface area contributed by atoms with E-state index in [1.165, 1.54) is 11.8 Å². The zero-order valence-electron chi connectivity index (χ0n) is 8.42. The number of rotatable bonds is 2. The molecular formula is C10H12N4OS. The summed E-state index contributed by atoms with van der Waals surface area (Å²) in [4.78, 5) is 0.501. The summed E-state index contributed by atoms with van der Waals surface area (Å²) in [7, 11) is 0. The monoisotopic (exact) mass is 236 g/mol. The molecule has 0 aromatic heterocycles. The second-order valence-corrected chi connectivity index (χ2v) is 4.44. The Labute approximate surface area is 97.2 Å². The third-order valence-corrected chi connectivity index (χ3v) is 3.31. The van der Waals surface area contributed by atoms with Gasteiger partial charge in [0.25, 0.3) is 0 Å². The van der Waals surface area contributed by atoms with Crippen molar-refractivity contribution in [1.82, 2.24) is 5.06 Å². The molecule has 84 valence electrons. The van der Waals surface area contributed by atoms with Crippen LogP contribution in [0, 0.1) is 5.41 Å². The van der Waals surface area contributed by atoms with Crippen molar-refractivity contribution in [2.75, 3.05) is 0 Å². The number of nitrogens with two attached hydrogens (primary N) is 2. The lowest BCUT2D eigenvalue weighted by molar-refractivity contribution is -0.0337. The molecule has 1 aliphatic rings. The van der Waals surface area contributed by atoms with Gasteiger partial charge in [-0.25, -0.2) is 5.06 Å². The molecule has 16 heavy (non-hydrogen) atoms. The van der Waals surface area contributed by atoms with E-state index in [-0.39, 0.29) is 5.84 Å². The first-order chi connectivity index (χ1) is 7.61. The van der Waals surface area contributed by atoms with Crippen LogP contribution in [-0.2, 0) is 0 Å². The molecule has 1 aromatic rings. The third-order valence-electron chi connectivity index (χ3n) is 2.22. The van der Waals surface area contributed by atoms with Crippen LogP contribution in [0.4, 0.5) is 0 Å². The molecule has 0 radical (unpaired) electrons. The van der Waals surface area contributed by atoms with Gasteiger partial charge in [0.2, 0.25) is 0 Å². The highest BCUT2D eigenvalue weighted by Crippen LogP contribution is 2.39. The molecule has 0 spiro atoms. The summed E-state index contributed by atoms with van der Waals surface area (Å²) in [5.41, 5.74) is 11.8. The van der Waals surface area contributed by atoms with E-state index in [2.05, 4.69) is 0 Å². The first-order valence-corrected chi connectivity index (χ1v) is 5.53. The second kappa shape index (κ2) is 4.17. The smallest absolute Gasteiger partial charge is 0.155 e.